The lowest BCUT2D eigenvalue weighted by Gasteiger charge is -2.15. The van der Waals surface area contributed by atoms with Crippen LogP contribution in [0.5, 0.6) is 5.75 Å². The zero-order chi connectivity index (χ0) is 14.7. The predicted molar refractivity (Wildman–Crippen MR) is 81.4 cm³/mol. The molecule has 2 aromatic heterocycles. The molecule has 0 spiro atoms. The van der Waals surface area contributed by atoms with Crippen molar-refractivity contribution in [2.75, 3.05) is 11.9 Å². The molecule has 0 radical (unpaired) electrons. The highest BCUT2D eigenvalue weighted by atomic mass is 16.5. The zero-order valence-corrected chi connectivity index (χ0v) is 12.0. The summed E-state index contributed by atoms with van der Waals surface area (Å²) >= 11 is 0. The molecule has 6 heteroatoms. The number of nitrogens with one attached hydrogen (secondary N) is 2. The van der Waals surface area contributed by atoms with Crippen molar-refractivity contribution in [3.05, 3.63) is 42.5 Å². The van der Waals surface area contributed by atoms with E-state index in [-0.39, 0.29) is 6.04 Å². The summed E-state index contributed by atoms with van der Waals surface area (Å²) in [6.07, 6.45) is 3.11. The number of fused-ring (bicyclic) bond motifs is 1. The number of nitrogens with zero attached hydrogens (tertiary/aromatic N) is 3. The smallest absolute Gasteiger partial charge is 0.182 e. The fraction of sp³-hybridized carbons (Fsp3) is 0.267. The molecule has 0 fully saturated rings. The van der Waals surface area contributed by atoms with Crippen molar-refractivity contribution in [3.8, 4) is 5.75 Å². The fourth-order valence-electron chi connectivity index (χ4n) is 2.01. The lowest BCUT2D eigenvalue weighted by atomic mass is 10.2. The van der Waals surface area contributed by atoms with Crippen molar-refractivity contribution >= 4 is 17.0 Å². The highest BCUT2D eigenvalue weighted by Gasteiger charge is 2.09. The van der Waals surface area contributed by atoms with E-state index in [9.17, 15) is 0 Å². The molecule has 3 aromatic rings. The molecule has 0 aliphatic heterocycles. The van der Waals surface area contributed by atoms with E-state index < -0.39 is 0 Å². The van der Waals surface area contributed by atoms with E-state index >= 15 is 0 Å². The van der Waals surface area contributed by atoms with Gasteiger partial charge in [-0.2, -0.15) is 0 Å². The Kier molecular flexibility index (Phi) is 3.68. The molecule has 0 aliphatic carbocycles. The quantitative estimate of drug-likeness (QED) is 0.752. The first-order chi connectivity index (χ1) is 10.2. The van der Waals surface area contributed by atoms with Crippen molar-refractivity contribution in [1.82, 2.24) is 19.9 Å². The van der Waals surface area contributed by atoms with Gasteiger partial charge in [-0.3, -0.25) is 0 Å². The maximum absolute atomic E-state index is 5.76. The summed E-state index contributed by atoms with van der Waals surface area (Å²) in [6, 6.07) is 8.12. The van der Waals surface area contributed by atoms with Crippen molar-refractivity contribution in [1.29, 1.82) is 0 Å². The number of aromatic nitrogens is 4. The molecule has 0 saturated carbocycles. The molecule has 21 heavy (non-hydrogen) atoms. The van der Waals surface area contributed by atoms with Crippen LogP contribution in [-0.2, 0) is 0 Å². The number of hydrogen-bond acceptors (Lipinski definition) is 5. The number of hydrogen-bond donors (Lipinski definition) is 2. The van der Waals surface area contributed by atoms with E-state index in [1.807, 2.05) is 31.2 Å². The first kappa shape index (κ1) is 13.4. The average Bonchev–Trinajstić information content (AvgIpc) is 2.96. The van der Waals surface area contributed by atoms with Gasteiger partial charge in [0.15, 0.2) is 11.5 Å². The second-order valence-electron chi connectivity index (χ2n) is 4.99. The number of ether oxygens (including phenoxy) is 1. The second-order valence-corrected chi connectivity index (χ2v) is 4.99. The summed E-state index contributed by atoms with van der Waals surface area (Å²) in [6.45, 7) is 4.64. The zero-order valence-electron chi connectivity index (χ0n) is 12.0. The minimum Gasteiger partial charge on any atom is -0.491 e. The van der Waals surface area contributed by atoms with Gasteiger partial charge in [0, 0.05) is 0 Å². The molecule has 2 N–H and O–H groups in total. The molecule has 3 rings (SSSR count). The van der Waals surface area contributed by atoms with Crippen LogP contribution >= 0.6 is 0 Å². The van der Waals surface area contributed by atoms with Crippen LogP contribution in [0.1, 0.15) is 12.5 Å². The Bertz CT molecular complexity index is 722. The first-order valence-corrected chi connectivity index (χ1v) is 6.82. The monoisotopic (exact) mass is 283 g/mol. The number of benzene rings is 1. The standard InChI is InChI=1S/C15H17N5O/c1-10-3-5-12(6-4-10)21-7-11(2)20-15-13-14(17-8-16-13)18-9-19-15/h3-6,8-9,11H,7H2,1-2H3,(H2,16,17,18,19,20). The lowest BCUT2D eigenvalue weighted by molar-refractivity contribution is 0.304. The van der Waals surface area contributed by atoms with Crippen LogP contribution < -0.4 is 10.1 Å². The van der Waals surface area contributed by atoms with E-state index in [0.29, 0.717) is 12.3 Å². The maximum atomic E-state index is 5.76. The van der Waals surface area contributed by atoms with Gasteiger partial charge in [0.1, 0.15) is 24.2 Å². The van der Waals surface area contributed by atoms with Crippen LogP contribution in [0.2, 0.25) is 0 Å². The Balaban J connectivity index is 1.62. The predicted octanol–water partition coefficient (Wildman–Crippen LogP) is 2.54. The van der Waals surface area contributed by atoms with Gasteiger partial charge in [0.25, 0.3) is 0 Å². The third-order valence-electron chi connectivity index (χ3n) is 3.13. The average molecular weight is 283 g/mol. The highest BCUT2D eigenvalue weighted by Crippen LogP contribution is 2.16. The van der Waals surface area contributed by atoms with Crippen molar-refractivity contribution in [2.45, 2.75) is 19.9 Å². The van der Waals surface area contributed by atoms with Crippen LogP contribution in [0.25, 0.3) is 11.2 Å². The Labute approximate surface area is 122 Å². The molecule has 0 amide bonds. The van der Waals surface area contributed by atoms with Gasteiger partial charge in [-0.25, -0.2) is 15.0 Å². The Morgan fingerprint density at radius 1 is 1.19 bits per heavy atom. The van der Waals surface area contributed by atoms with Gasteiger partial charge in [-0.05, 0) is 26.0 Å². The number of H-pyrrole nitrogens is 1. The SMILES string of the molecule is Cc1ccc(OCC(C)Nc2ncnc3nc[nH]c23)cc1. The summed E-state index contributed by atoms with van der Waals surface area (Å²) in [5.74, 6) is 1.60. The molecule has 1 unspecified atom stereocenters. The van der Waals surface area contributed by atoms with Crippen LogP contribution in [-0.4, -0.2) is 32.6 Å². The lowest BCUT2D eigenvalue weighted by Crippen LogP contribution is -2.24. The van der Waals surface area contributed by atoms with Crippen molar-refractivity contribution in [2.24, 2.45) is 0 Å². The van der Waals surface area contributed by atoms with Crippen LogP contribution in [0.3, 0.4) is 0 Å². The minimum atomic E-state index is 0.104. The number of aryl methyl sites for hydroxylation is 1. The van der Waals surface area contributed by atoms with E-state index in [4.69, 9.17) is 4.74 Å². The highest BCUT2D eigenvalue weighted by molar-refractivity contribution is 5.81. The molecule has 0 bridgehead atoms. The third kappa shape index (κ3) is 3.10. The van der Waals surface area contributed by atoms with E-state index in [1.165, 1.54) is 11.9 Å². The molecular formula is C15H17N5O. The molecular weight excluding hydrogens is 266 g/mol. The molecule has 1 atom stereocenters. The minimum absolute atomic E-state index is 0.104. The fourth-order valence-corrected chi connectivity index (χ4v) is 2.01. The summed E-state index contributed by atoms with van der Waals surface area (Å²) in [5.41, 5.74) is 2.68. The molecule has 108 valence electrons. The third-order valence-corrected chi connectivity index (χ3v) is 3.13. The summed E-state index contributed by atoms with van der Waals surface area (Å²) < 4.78 is 5.76. The van der Waals surface area contributed by atoms with Gasteiger partial charge in [0.05, 0.1) is 12.4 Å². The number of rotatable bonds is 5. The van der Waals surface area contributed by atoms with E-state index in [1.54, 1.807) is 6.33 Å². The molecule has 1 aromatic carbocycles. The number of imidazole rings is 1. The largest absolute Gasteiger partial charge is 0.491 e. The summed E-state index contributed by atoms with van der Waals surface area (Å²) in [5, 5.41) is 3.31. The summed E-state index contributed by atoms with van der Waals surface area (Å²) in [4.78, 5) is 15.5. The molecule has 0 aliphatic rings. The van der Waals surface area contributed by atoms with Gasteiger partial charge in [0.2, 0.25) is 0 Å². The van der Waals surface area contributed by atoms with Gasteiger partial charge in [-0.1, -0.05) is 17.7 Å². The number of anilines is 1. The second kappa shape index (κ2) is 5.78. The topological polar surface area (TPSA) is 75.7 Å². The Hall–Kier alpha value is -2.63. The maximum Gasteiger partial charge on any atom is 0.182 e. The van der Waals surface area contributed by atoms with Crippen LogP contribution in [0.15, 0.2) is 36.9 Å². The van der Waals surface area contributed by atoms with E-state index in [2.05, 4.69) is 32.2 Å². The first-order valence-electron chi connectivity index (χ1n) is 6.82. The Morgan fingerprint density at radius 2 is 2.00 bits per heavy atom. The molecule has 6 nitrogen and oxygen atoms in total. The normalized spacial score (nSPS) is 12.3. The number of aromatic amines is 1. The van der Waals surface area contributed by atoms with Gasteiger partial charge in [-0.15, -0.1) is 0 Å². The van der Waals surface area contributed by atoms with Crippen molar-refractivity contribution in [3.63, 3.8) is 0 Å². The molecule has 0 saturated heterocycles. The van der Waals surface area contributed by atoms with Gasteiger partial charge < -0.3 is 15.0 Å². The molecule has 2 heterocycles. The Morgan fingerprint density at radius 3 is 2.81 bits per heavy atom. The van der Waals surface area contributed by atoms with Crippen molar-refractivity contribution < 1.29 is 4.74 Å². The summed E-state index contributed by atoms with van der Waals surface area (Å²) in [7, 11) is 0. The van der Waals surface area contributed by atoms with E-state index in [0.717, 1.165) is 17.1 Å². The van der Waals surface area contributed by atoms with Crippen LogP contribution in [0.4, 0.5) is 5.82 Å². The van der Waals surface area contributed by atoms with Crippen LogP contribution in [0, 0.1) is 6.92 Å². The van der Waals surface area contributed by atoms with Gasteiger partial charge >= 0.3 is 0 Å².